The van der Waals surface area contributed by atoms with Gasteiger partial charge in [0.25, 0.3) is 0 Å². The van der Waals surface area contributed by atoms with Crippen molar-refractivity contribution in [1.82, 2.24) is 15.1 Å². The van der Waals surface area contributed by atoms with Crippen molar-refractivity contribution in [2.24, 2.45) is 0 Å². The number of carbonyl (C=O) groups excluding carboxylic acids is 1. The number of anilines is 1. The fourth-order valence-electron chi connectivity index (χ4n) is 1.91. The molecule has 2 rings (SSSR count). The van der Waals surface area contributed by atoms with E-state index >= 15 is 0 Å². The highest BCUT2D eigenvalue weighted by Gasteiger charge is 2.02. The maximum atomic E-state index is 11.7. The summed E-state index contributed by atoms with van der Waals surface area (Å²) in [5.74, 6) is -0.0188. The molecule has 0 spiro atoms. The van der Waals surface area contributed by atoms with Crippen molar-refractivity contribution < 1.29 is 4.79 Å². The molecule has 0 radical (unpaired) electrons. The molecule has 1 aromatic heterocycles. The molecule has 0 atom stereocenters. The van der Waals surface area contributed by atoms with E-state index in [0.29, 0.717) is 13.1 Å². The maximum absolute atomic E-state index is 11.7. The van der Waals surface area contributed by atoms with Crippen molar-refractivity contribution in [2.75, 3.05) is 18.4 Å². The number of amides is 1. The van der Waals surface area contributed by atoms with E-state index in [1.54, 1.807) is 6.20 Å². The number of rotatable bonds is 7. The van der Waals surface area contributed by atoms with Crippen LogP contribution >= 0.6 is 0 Å². The van der Waals surface area contributed by atoms with Gasteiger partial charge in [0, 0.05) is 18.1 Å². The van der Waals surface area contributed by atoms with E-state index in [2.05, 4.69) is 22.7 Å². The molecule has 0 aliphatic heterocycles. The van der Waals surface area contributed by atoms with Gasteiger partial charge < -0.3 is 10.6 Å². The zero-order valence-corrected chi connectivity index (χ0v) is 11.7. The number of carbonyl (C=O) groups is 1. The van der Waals surface area contributed by atoms with Crippen LogP contribution in [0.15, 0.2) is 42.7 Å². The fourth-order valence-corrected chi connectivity index (χ4v) is 1.91. The SMILES string of the molecule is CCCNCC(=O)Nc1cccc(Cn2cccn2)c1. The second-order valence-electron chi connectivity index (χ2n) is 4.63. The van der Waals surface area contributed by atoms with Crippen LogP contribution in [0.3, 0.4) is 0 Å². The topological polar surface area (TPSA) is 59.0 Å². The third kappa shape index (κ3) is 4.51. The smallest absolute Gasteiger partial charge is 0.238 e. The summed E-state index contributed by atoms with van der Waals surface area (Å²) in [7, 11) is 0. The van der Waals surface area contributed by atoms with E-state index in [1.165, 1.54) is 0 Å². The Labute approximate surface area is 119 Å². The molecule has 5 heteroatoms. The molecule has 0 aliphatic carbocycles. The van der Waals surface area contributed by atoms with Crippen molar-refractivity contribution in [1.29, 1.82) is 0 Å². The average Bonchev–Trinajstić information content (AvgIpc) is 2.92. The summed E-state index contributed by atoms with van der Waals surface area (Å²) in [6.45, 7) is 3.97. The molecular weight excluding hydrogens is 252 g/mol. The highest BCUT2D eigenvalue weighted by Crippen LogP contribution is 2.11. The first-order chi connectivity index (χ1) is 9.78. The first-order valence-electron chi connectivity index (χ1n) is 6.85. The van der Waals surface area contributed by atoms with Crippen molar-refractivity contribution in [3.8, 4) is 0 Å². The van der Waals surface area contributed by atoms with Crippen molar-refractivity contribution >= 4 is 11.6 Å². The predicted molar refractivity (Wildman–Crippen MR) is 79.6 cm³/mol. The van der Waals surface area contributed by atoms with Gasteiger partial charge in [-0.1, -0.05) is 19.1 Å². The standard InChI is InChI=1S/C15H20N4O/c1-2-7-16-11-15(20)18-14-6-3-5-13(10-14)12-19-9-4-8-17-19/h3-6,8-10,16H,2,7,11-12H2,1H3,(H,18,20). The van der Waals surface area contributed by atoms with Crippen LogP contribution < -0.4 is 10.6 Å². The summed E-state index contributed by atoms with van der Waals surface area (Å²) >= 11 is 0. The van der Waals surface area contributed by atoms with Gasteiger partial charge in [-0.25, -0.2) is 0 Å². The molecule has 0 saturated carbocycles. The van der Waals surface area contributed by atoms with Gasteiger partial charge in [0.1, 0.15) is 0 Å². The Morgan fingerprint density at radius 3 is 3.00 bits per heavy atom. The van der Waals surface area contributed by atoms with Crippen LogP contribution in [0.2, 0.25) is 0 Å². The Hall–Kier alpha value is -2.14. The molecule has 1 aromatic carbocycles. The minimum Gasteiger partial charge on any atom is -0.325 e. The molecule has 2 N–H and O–H groups in total. The lowest BCUT2D eigenvalue weighted by atomic mass is 10.2. The highest BCUT2D eigenvalue weighted by molar-refractivity contribution is 5.92. The molecule has 1 amide bonds. The zero-order chi connectivity index (χ0) is 14.2. The number of hydrogen-bond acceptors (Lipinski definition) is 3. The Bertz CT molecular complexity index is 537. The van der Waals surface area contributed by atoms with Crippen LogP contribution in [0.4, 0.5) is 5.69 Å². The third-order valence-corrected chi connectivity index (χ3v) is 2.83. The summed E-state index contributed by atoms with van der Waals surface area (Å²) in [4.78, 5) is 11.7. The molecule has 5 nitrogen and oxygen atoms in total. The van der Waals surface area contributed by atoms with E-state index in [9.17, 15) is 4.79 Å². The van der Waals surface area contributed by atoms with Gasteiger partial charge >= 0.3 is 0 Å². The molecule has 2 aromatic rings. The molecular formula is C15H20N4O. The van der Waals surface area contributed by atoms with Gasteiger partial charge in [0.05, 0.1) is 13.1 Å². The summed E-state index contributed by atoms with van der Waals surface area (Å²) in [5.41, 5.74) is 1.92. The van der Waals surface area contributed by atoms with E-state index < -0.39 is 0 Å². The van der Waals surface area contributed by atoms with Crippen molar-refractivity contribution in [2.45, 2.75) is 19.9 Å². The first-order valence-corrected chi connectivity index (χ1v) is 6.85. The molecule has 0 saturated heterocycles. The van der Waals surface area contributed by atoms with E-state index in [0.717, 1.165) is 24.2 Å². The maximum Gasteiger partial charge on any atom is 0.238 e. The van der Waals surface area contributed by atoms with Crippen LogP contribution in [-0.2, 0) is 11.3 Å². The minimum absolute atomic E-state index is 0.0188. The quantitative estimate of drug-likeness (QED) is 0.756. The second kappa shape index (κ2) is 7.45. The van der Waals surface area contributed by atoms with Gasteiger partial charge in [-0.15, -0.1) is 0 Å². The van der Waals surface area contributed by atoms with E-state index in [4.69, 9.17) is 0 Å². The Morgan fingerprint density at radius 1 is 1.35 bits per heavy atom. The molecule has 0 unspecified atom stereocenters. The minimum atomic E-state index is -0.0188. The molecule has 0 fully saturated rings. The third-order valence-electron chi connectivity index (χ3n) is 2.83. The Kier molecular flexibility index (Phi) is 5.32. The van der Waals surface area contributed by atoms with Crippen LogP contribution in [0, 0.1) is 0 Å². The molecule has 1 heterocycles. The average molecular weight is 272 g/mol. The predicted octanol–water partition coefficient (Wildman–Crippen LogP) is 1.87. The van der Waals surface area contributed by atoms with Gasteiger partial charge in [-0.3, -0.25) is 9.48 Å². The summed E-state index contributed by atoms with van der Waals surface area (Å²) in [6.07, 6.45) is 4.69. The van der Waals surface area contributed by atoms with Crippen LogP contribution in [0.5, 0.6) is 0 Å². The normalized spacial score (nSPS) is 10.4. The number of nitrogens with one attached hydrogen (secondary N) is 2. The number of aromatic nitrogens is 2. The number of nitrogens with zero attached hydrogens (tertiary/aromatic N) is 2. The summed E-state index contributed by atoms with van der Waals surface area (Å²) < 4.78 is 1.85. The zero-order valence-electron chi connectivity index (χ0n) is 11.7. The van der Waals surface area contributed by atoms with Crippen LogP contribution in [0.25, 0.3) is 0 Å². The van der Waals surface area contributed by atoms with Gasteiger partial charge in [0.15, 0.2) is 0 Å². The second-order valence-corrected chi connectivity index (χ2v) is 4.63. The molecule has 20 heavy (non-hydrogen) atoms. The lowest BCUT2D eigenvalue weighted by Crippen LogP contribution is -2.28. The van der Waals surface area contributed by atoms with Gasteiger partial charge in [0.2, 0.25) is 5.91 Å². The van der Waals surface area contributed by atoms with Crippen LogP contribution in [0.1, 0.15) is 18.9 Å². The first kappa shape index (κ1) is 14.3. The van der Waals surface area contributed by atoms with E-state index in [-0.39, 0.29) is 5.91 Å². The number of hydrogen-bond donors (Lipinski definition) is 2. The molecule has 0 aliphatic rings. The van der Waals surface area contributed by atoms with Gasteiger partial charge in [-0.05, 0) is 36.7 Å². The van der Waals surface area contributed by atoms with E-state index in [1.807, 2.05) is 41.2 Å². The van der Waals surface area contributed by atoms with Crippen molar-refractivity contribution in [3.05, 3.63) is 48.3 Å². The molecule has 0 bridgehead atoms. The highest BCUT2D eigenvalue weighted by atomic mass is 16.1. The lowest BCUT2D eigenvalue weighted by molar-refractivity contribution is -0.115. The number of benzene rings is 1. The lowest BCUT2D eigenvalue weighted by Gasteiger charge is -2.08. The van der Waals surface area contributed by atoms with Crippen LogP contribution in [-0.4, -0.2) is 28.8 Å². The molecule has 106 valence electrons. The van der Waals surface area contributed by atoms with Crippen molar-refractivity contribution in [3.63, 3.8) is 0 Å². The largest absolute Gasteiger partial charge is 0.325 e. The van der Waals surface area contributed by atoms with Gasteiger partial charge in [-0.2, -0.15) is 5.10 Å². The Morgan fingerprint density at radius 2 is 2.25 bits per heavy atom. The summed E-state index contributed by atoms with van der Waals surface area (Å²) in [5, 5.41) is 10.1. The monoisotopic (exact) mass is 272 g/mol. The summed E-state index contributed by atoms with van der Waals surface area (Å²) in [6, 6.07) is 9.72. The Balaban J connectivity index is 1.90. The fraction of sp³-hybridized carbons (Fsp3) is 0.333.